The smallest absolute Gasteiger partial charge is 0.198 e. The van der Waals surface area contributed by atoms with Crippen molar-refractivity contribution in [2.75, 3.05) is 13.2 Å². The Balaban J connectivity index is 1.18. The fourth-order valence-corrected chi connectivity index (χ4v) is 5.36. The first kappa shape index (κ1) is 21.3. The summed E-state index contributed by atoms with van der Waals surface area (Å²) in [6.07, 6.45) is 6.19. The van der Waals surface area contributed by atoms with Gasteiger partial charge in [0.05, 0.1) is 6.54 Å². The number of hydrogen-bond donors (Lipinski definition) is 0. The summed E-state index contributed by atoms with van der Waals surface area (Å²) in [6, 6.07) is 19.4. The van der Waals surface area contributed by atoms with E-state index in [2.05, 4.69) is 63.6 Å². The molecule has 0 fully saturated rings. The van der Waals surface area contributed by atoms with Gasteiger partial charge in [-0.15, -0.1) is 10.2 Å². The molecule has 0 unspecified atom stereocenters. The van der Waals surface area contributed by atoms with Crippen molar-refractivity contribution in [2.45, 2.75) is 36.2 Å². The molecule has 0 saturated heterocycles. The predicted octanol–water partition coefficient (Wildman–Crippen LogP) is 5.44. The molecule has 0 N–H and O–H groups in total. The zero-order valence-corrected chi connectivity index (χ0v) is 19.9. The minimum absolute atomic E-state index is 0.670. The van der Waals surface area contributed by atoms with Crippen LogP contribution in [0.2, 0.25) is 0 Å². The lowest BCUT2D eigenvalue weighted by molar-refractivity contribution is 0.203. The van der Waals surface area contributed by atoms with E-state index in [0.29, 0.717) is 6.61 Å². The third kappa shape index (κ3) is 4.41. The van der Waals surface area contributed by atoms with E-state index in [1.54, 1.807) is 6.33 Å². The van der Waals surface area contributed by atoms with Gasteiger partial charge in [-0.3, -0.25) is 4.90 Å². The lowest BCUT2D eigenvalue weighted by Gasteiger charge is -2.19. The first-order valence-electron chi connectivity index (χ1n) is 11.6. The van der Waals surface area contributed by atoms with E-state index in [4.69, 9.17) is 9.15 Å². The molecular weight excluding hydrogens is 444 g/mol. The lowest BCUT2D eigenvalue weighted by atomic mass is 9.88. The number of ether oxygens (including phenoxy) is 1. The van der Waals surface area contributed by atoms with Crippen molar-refractivity contribution in [3.05, 3.63) is 88.9 Å². The average molecular weight is 471 g/mol. The van der Waals surface area contributed by atoms with Gasteiger partial charge in [-0.1, -0.05) is 36.4 Å². The maximum absolute atomic E-state index is 6.09. The van der Waals surface area contributed by atoms with E-state index in [0.717, 1.165) is 54.2 Å². The molecule has 7 heteroatoms. The van der Waals surface area contributed by atoms with Gasteiger partial charge >= 0.3 is 0 Å². The van der Waals surface area contributed by atoms with Crippen molar-refractivity contribution < 1.29 is 9.15 Å². The monoisotopic (exact) mass is 470 g/mol. The van der Waals surface area contributed by atoms with Gasteiger partial charge in [0.1, 0.15) is 24.4 Å². The summed E-state index contributed by atoms with van der Waals surface area (Å²) in [5.74, 6) is 1.93. The largest absolute Gasteiger partial charge is 0.492 e. The Morgan fingerprint density at radius 3 is 2.88 bits per heavy atom. The summed E-state index contributed by atoms with van der Waals surface area (Å²) in [5, 5.41) is 9.68. The maximum atomic E-state index is 6.09. The van der Waals surface area contributed by atoms with Gasteiger partial charge in [0.25, 0.3) is 0 Å². The number of furan rings is 1. The third-order valence-corrected chi connectivity index (χ3v) is 7.39. The summed E-state index contributed by atoms with van der Waals surface area (Å²) in [6.45, 7) is 3.10. The molecule has 0 bridgehead atoms. The number of benzene rings is 2. The predicted molar refractivity (Wildman–Crippen MR) is 133 cm³/mol. The first-order chi connectivity index (χ1) is 16.7. The van der Waals surface area contributed by atoms with Crippen LogP contribution in [0.3, 0.4) is 0 Å². The fourth-order valence-electron chi connectivity index (χ4n) is 4.62. The Morgan fingerprint density at radius 2 is 1.97 bits per heavy atom. The van der Waals surface area contributed by atoms with Crippen molar-refractivity contribution in [1.82, 2.24) is 19.7 Å². The molecule has 0 spiro atoms. The zero-order chi connectivity index (χ0) is 22.9. The third-order valence-electron chi connectivity index (χ3n) is 6.42. The van der Waals surface area contributed by atoms with Gasteiger partial charge in [-0.2, -0.15) is 0 Å². The van der Waals surface area contributed by atoms with Gasteiger partial charge < -0.3 is 13.7 Å². The number of nitrogens with zero attached hydrogens (tertiary/aromatic N) is 4. The Kier molecular flexibility index (Phi) is 5.73. The number of hydrogen-bond acceptors (Lipinski definition) is 6. The van der Waals surface area contributed by atoms with Crippen LogP contribution in [-0.4, -0.2) is 32.8 Å². The summed E-state index contributed by atoms with van der Waals surface area (Å²) in [4.78, 5) is 2.38. The number of allylic oxidation sites excluding steroid dienone is 1. The second-order valence-corrected chi connectivity index (χ2v) is 9.77. The molecule has 0 saturated carbocycles. The SMILES string of the molecule is Cn1cnnc1Sc1ccc(CN2CCOc3ccc(C4=Cc5ccccc5CC4)cc3C2)o1. The number of aryl methyl sites for hydroxylation is 2. The summed E-state index contributed by atoms with van der Waals surface area (Å²) in [5.41, 5.74) is 6.69. The van der Waals surface area contributed by atoms with Gasteiger partial charge in [0, 0.05) is 25.7 Å². The van der Waals surface area contributed by atoms with Crippen LogP contribution in [0.25, 0.3) is 11.6 Å². The number of fused-ring (bicyclic) bond motifs is 2. The van der Waals surface area contributed by atoms with Crippen LogP contribution in [-0.2, 0) is 26.6 Å². The van der Waals surface area contributed by atoms with Crippen LogP contribution < -0.4 is 4.74 Å². The molecule has 6 rings (SSSR count). The van der Waals surface area contributed by atoms with Crippen molar-refractivity contribution >= 4 is 23.4 Å². The minimum atomic E-state index is 0.670. The Hall–Kier alpha value is -3.29. The Bertz CT molecular complexity index is 1360. The lowest BCUT2D eigenvalue weighted by Crippen LogP contribution is -2.25. The molecule has 2 aromatic heterocycles. The molecule has 172 valence electrons. The summed E-state index contributed by atoms with van der Waals surface area (Å²) in [7, 11) is 1.93. The maximum Gasteiger partial charge on any atom is 0.198 e. The molecule has 4 aromatic rings. The number of aromatic nitrogens is 3. The highest BCUT2D eigenvalue weighted by Gasteiger charge is 2.19. The standard InChI is InChI=1S/C27H26N4O2S/c1-30-18-28-29-27(30)34-26-11-9-24(33-26)17-31-12-13-32-25-10-8-22(15-23(25)16-31)21-7-6-19-4-2-3-5-20(19)14-21/h2-5,8-11,14-15,18H,6-7,12-13,16-17H2,1H3. The molecule has 2 aliphatic rings. The second kappa shape index (κ2) is 9.16. The molecule has 0 atom stereocenters. The molecule has 0 radical (unpaired) electrons. The highest BCUT2D eigenvalue weighted by molar-refractivity contribution is 7.99. The van der Waals surface area contributed by atoms with Gasteiger partial charge in [0.2, 0.25) is 0 Å². The highest BCUT2D eigenvalue weighted by Crippen LogP contribution is 2.34. The topological polar surface area (TPSA) is 56.3 Å². The average Bonchev–Trinajstić information content (AvgIpc) is 3.41. The molecule has 3 heterocycles. The first-order valence-corrected chi connectivity index (χ1v) is 12.4. The van der Waals surface area contributed by atoms with Crippen LogP contribution in [0.5, 0.6) is 5.75 Å². The minimum Gasteiger partial charge on any atom is -0.492 e. The van der Waals surface area contributed by atoms with Crippen LogP contribution in [0.1, 0.15) is 34.4 Å². The molecule has 6 nitrogen and oxygen atoms in total. The van der Waals surface area contributed by atoms with Gasteiger partial charge in [0.15, 0.2) is 10.2 Å². The van der Waals surface area contributed by atoms with Crippen LogP contribution in [0.4, 0.5) is 0 Å². The number of rotatable bonds is 5. The van der Waals surface area contributed by atoms with Crippen LogP contribution >= 0.6 is 11.8 Å². The summed E-state index contributed by atoms with van der Waals surface area (Å²) >= 11 is 1.48. The molecule has 0 amide bonds. The van der Waals surface area contributed by atoms with E-state index in [1.165, 1.54) is 39.6 Å². The van der Waals surface area contributed by atoms with E-state index in [9.17, 15) is 0 Å². The molecular formula is C27H26N4O2S. The molecule has 2 aromatic carbocycles. The van der Waals surface area contributed by atoms with Gasteiger partial charge in [-0.25, -0.2) is 0 Å². The van der Waals surface area contributed by atoms with Crippen LogP contribution in [0, 0.1) is 0 Å². The van der Waals surface area contributed by atoms with E-state index in [1.807, 2.05) is 23.7 Å². The van der Waals surface area contributed by atoms with E-state index in [-0.39, 0.29) is 0 Å². The molecule has 34 heavy (non-hydrogen) atoms. The quantitative estimate of drug-likeness (QED) is 0.387. The van der Waals surface area contributed by atoms with Crippen LogP contribution in [0.15, 0.2) is 75.6 Å². The van der Waals surface area contributed by atoms with E-state index < -0.39 is 0 Å². The molecule has 1 aliphatic carbocycles. The normalized spacial score (nSPS) is 15.7. The van der Waals surface area contributed by atoms with Crippen molar-refractivity contribution in [2.24, 2.45) is 7.05 Å². The fraction of sp³-hybridized carbons (Fsp3) is 0.259. The molecule has 1 aliphatic heterocycles. The highest BCUT2D eigenvalue weighted by atomic mass is 32.2. The summed E-state index contributed by atoms with van der Waals surface area (Å²) < 4.78 is 14.1. The Labute approximate surface area is 203 Å². The van der Waals surface area contributed by atoms with Crippen molar-refractivity contribution in [3.8, 4) is 5.75 Å². The second-order valence-electron chi connectivity index (χ2n) is 8.80. The Morgan fingerprint density at radius 1 is 1.03 bits per heavy atom. The van der Waals surface area contributed by atoms with Crippen molar-refractivity contribution in [3.63, 3.8) is 0 Å². The van der Waals surface area contributed by atoms with E-state index >= 15 is 0 Å². The van der Waals surface area contributed by atoms with Crippen molar-refractivity contribution in [1.29, 1.82) is 0 Å². The zero-order valence-electron chi connectivity index (χ0n) is 19.1. The van der Waals surface area contributed by atoms with Gasteiger partial charge in [-0.05, 0) is 71.1 Å².